The molecule has 0 aliphatic carbocycles. The maximum Gasteiger partial charge on any atom is 0.434 e. The number of carbonyl (C=O) groups excluding carboxylic acids is 1. The van der Waals surface area contributed by atoms with E-state index in [1.165, 1.54) is 17.0 Å². The minimum atomic E-state index is -4.71. The van der Waals surface area contributed by atoms with E-state index >= 15 is 0 Å². The van der Waals surface area contributed by atoms with Crippen molar-refractivity contribution in [2.75, 3.05) is 13.1 Å². The van der Waals surface area contributed by atoms with Gasteiger partial charge < -0.3 is 10.6 Å². The fourth-order valence-electron chi connectivity index (χ4n) is 3.26. The summed E-state index contributed by atoms with van der Waals surface area (Å²) in [5.41, 5.74) is 4.46. The summed E-state index contributed by atoms with van der Waals surface area (Å²) in [5, 5.41) is 3.84. The number of hydrogen-bond donors (Lipinski definition) is 1. The Hall–Kier alpha value is -2.06. The maximum absolute atomic E-state index is 13.7. The zero-order valence-corrected chi connectivity index (χ0v) is 15.8. The number of alkyl halides is 3. The van der Waals surface area contributed by atoms with Crippen LogP contribution in [0.15, 0.2) is 36.5 Å². The van der Waals surface area contributed by atoms with E-state index in [9.17, 15) is 18.0 Å². The topological polar surface area (TPSA) is 64.2 Å². The molecule has 2 aromatic rings. The second-order valence-corrected chi connectivity index (χ2v) is 7.26. The lowest BCUT2D eigenvalue weighted by Crippen LogP contribution is -2.54. The Kier molecular flexibility index (Phi) is 5.91. The molecule has 3 rings (SSSR count). The molecule has 0 radical (unpaired) electrons. The third-order valence-corrected chi connectivity index (χ3v) is 4.87. The van der Waals surface area contributed by atoms with Crippen molar-refractivity contribution in [2.24, 2.45) is 11.1 Å². The first kappa shape index (κ1) is 21.2. The van der Waals surface area contributed by atoms with E-state index in [4.69, 9.17) is 5.73 Å². The lowest BCUT2D eigenvalue weighted by molar-refractivity contribution is -0.143. The van der Waals surface area contributed by atoms with Gasteiger partial charge in [0.25, 0.3) is 5.91 Å². The van der Waals surface area contributed by atoms with Crippen molar-refractivity contribution >= 4 is 18.3 Å². The summed E-state index contributed by atoms with van der Waals surface area (Å²) in [5.74, 6) is -0.667. The van der Waals surface area contributed by atoms with Crippen LogP contribution in [0.5, 0.6) is 0 Å². The number of halogens is 4. The fourth-order valence-corrected chi connectivity index (χ4v) is 3.26. The average Bonchev–Trinajstić information content (AvgIpc) is 3.03. The molecule has 1 aliphatic rings. The van der Waals surface area contributed by atoms with Crippen LogP contribution in [0.4, 0.5) is 13.2 Å². The largest absolute Gasteiger partial charge is 0.434 e. The summed E-state index contributed by atoms with van der Waals surface area (Å²) in [4.78, 5) is 14.3. The minimum Gasteiger partial charge on any atom is -0.338 e. The van der Waals surface area contributed by atoms with Crippen LogP contribution in [0.1, 0.15) is 36.3 Å². The van der Waals surface area contributed by atoms with Gasteiger partial charge in [0.2, 0.25) is 0 Å². The van der Waals surface area contributed by atoms with Gasteiger partial charge in [-0.25, -0.2) is 4.68 Å². The number of carbonyl (C=O) groups is 1. The number of para-hydroxylation sites is 1. The summed E-state index contributed by atoms with van der Waals surface area (Å²) < 4.78 is 41.9. The molecule has 9 heteroatoms. The number of hydrogen-bond acceptors (Lipinski definition) is 3. The molecule has 5 nitrogen and oxygen atoms in total. The van der Waals surface area contributed by atoms with Crippen molar-refractivity contribution in [3.8, 4) is 5.69 Å². The van der Waals surface area contributed by atoms with Crippen molar-refractivity contribution in [2.45, 2.75) is 32.5 Å². The number of benzene rings is 1. The van der Waals surface area contributed by atoms with Gasteiger partial charge >= 0.3 is 6.18 Å². The van der Waals surface area contributed by atoms with Crippen LogP contribution in [0, 0.1) is 5.41 Å². The smallest absolute Gasteiger partial charge is 0.338 e. The van der Waals surface area contributed by atoms with Gasteiger partial charge in [-0.3, -0.25) is 4.79 Å². The number of likely N-dealkylation sites (tertiary alicyclic amines) is 1. The van der Waals surface area contributed by atoms with Gasteiger partial charge in [-0.2, -0.15) is 18.3 Å². The monoisotopic (exact) mass is 402 g/mol. The van der Waals surface area contributed by atoms with E-state index in [1.807, 2.05) is 13.8 Å². The molecule has 27 heavy (non-hydrogen) atoms. The third-order valence-electron chi connectivity index (χ3n) is 4.87. The first-order valence-corrected chi connectivity index (χ1v) is 8.37. The van der Waals surface area contributed by atoms with E-state index in [2.05, 4.69) is 5.10 Å². The van der Waals surface area contributed by atoms with Crippen LogP contribution >= 0.6 is 12.4 Å². The fraction of sp³-hybridized carbons (Fsp3) is 0.444. The molecule has 2 heterocycles. The first-order chi connectivity index (χ1) is 12.1. The zero-order valence-electron chi connectivity index (χ0n) is 15.0. The molecule has 1 fully saturated rings. The molecule has 1 aromatic carbocycles. The second-order valence-electron chi connectivity index (χ2n) is 7.26. The Morgan fingerprint density at radius 1 is 1.26 bits per heavy atom. The summed E-state index contributed by atoms with van der Waals surface area (Å²) in [6, 6.07) is 7.87. The Bertz CT molecular complexity index is 805. The van der Waals surface area contributed by atoms with E-state index in [1.54, 1.807) is 18.2 Å². The number of amides is 1. The average molecular weight is 403 g/mol. The molecule has 148 valence electrons. The molecule has 2 N–H and O–H groups in total. The SMILES string of the molecule is CC1(C)CN(C(=O)c2cnn(-c3ccccc3)c2C(F)(F)F)CCC1N.Cl. The number of nitrogens with zero attached hydrogens (tertiary/aromatic N) is 3. The molecule has 1 atom stereocenters. The number of nitrogens with two attached hydrogens (primary N) is 1. The quantitative estimate of drug-likeness (QED) is 0.836. The van der Waals surface area contributed by atoms with Crippen LogP contribution in [0.2, 0.25) is 0 Å². The highest BCUT2D eigenvalue weighted by molar-refractivity contribution is 5.95. The van der Waals surface area contributed by atoms with E-state index in [0.29, 0.717) is 19.5 Å². The summed E-state index contributed by atoms with van der Waals surface area (Å²) >= 11 is 0. The van der Waals surface area contributed by atoms with Gasteiger partial charge in [0.1, 0.15) is 0 Å². The molecule has 1 aromatic heterocycles. The van der Waals surface area contributed by atoms with Crippen LogP contribution in [-0.4, -0.2) is 39.7 Å². The number of aromatic nitrogens is 2. The maximum atomic E-state index is 13.7. The molecule has 0 saturated carbocycles. The standard InChI is InChI=1S/C18H21F3N4O.ClH/c1-17(2)11-24(9-8-14(17)22)16(26)13-10-23-25(15(13)18(19,20)21)12-6-4-3-5-7-12;/h3-7,10,14H,8-9,11,22H2,1-2H3;1H. The summed E-state index contributed by atoms with van der Waals surface area (Å²) in [6.45, 7) is 4.46. The van der Waals surface area contributed by atoms with Gasteiger partial charge in [-0.15, -0.1) is 12.4 Å². The first-order valence-electron chi connectivity index (χ1n) is 8.37. The predicted octanol–water partition coefficient (Wildman–Crippen LogP) is 3.51. The highest BCUT2D eigenvalue weighted by Gasteiger charge is 2.43. The van der Waals surface area contributed by atoms with Crippen LogP contribution < -0.4 is 5.73 Å². The van der Waals surface area contributed by atoms with Gasteiger partial charge in [-0.05, 0) is 24.0 Å². The highest BCUT2D eigenvalue weighted by Crippen LogP contribution is 2.35. The van der Waals surface area contributed by atoms with E-state index in [-0.39, 0.29) is 29.6 Å². The number of rotatable bonds is 2. The highest BCUT2D eigenvalue weighted by atomic mass is 35.5. The van der Waals surface area contributed by atoms with Crippen LogP contribution in [-0.2, 0) is 6.18 Å². The van der Waals surface area contributed by atoms with E-state index < -0.39 is 23.3 Å². The zero-order chi connectivity index (χ0) is 19.1. The molecule has 0 spiro atoms. The van der Waals surface area contributed by atoms with Crippen LogP contribution in [0.3, 0.4) is 0 Å². The van der Waals surface area contributed by atoms with Crippen molar-refractivity contribution in [1.29, 1.82) is 0 Å². The molecular formula is C18H22ClF3N4O. The van der Waals surface area contributed by atoms with E-state index in [0.717, 1.165) is 10.9 Å². The Labute approximate surface area is 161 Å². The lowest BCUT2D eigenvalue weighted by atomic mass is 9.79. The summed E-state index contributed by atoms with van der Waals surface area (Å²) in [6.07, 6.45) is -3.16. The molecular weight excluding hydrogens is 381 g/mol. The molecule has 1 saturated heterocycles. The van der Waals surface area contributed by atoms with Gasteiger partial charge in [0.15, 0.2) is 5.69 Å². The molecule has 1 unspecified atom stereocenters. The van der Waals surface area contributed by atoms with Gasteiger partial charge in [0.05, 0.1) is 17.4 Å². The van der Waals surface area contributed by atoms with Crippen molar-refractivity contribution in [3.05, 3.63) is 47.8 Å². The van der Waals surface area contributed by atoms with Crippen molar-refractivity contribution in [3.63, 3.8) is 0 Å². The van der Waals surface area contributed by atoms with Crippen molar-refractivity contribution < 1.29 is 18.0 Å². The Morgan fingerprint density at radius 3 is 2.44 bits per heavy atom. The minimum absolute atomic E-state index is 0. The molecule has 1 amide bonds. The second kappa shape index (κ2) is 7.52. The normalized spacial score (nSPS) is 19.5. The molecule has 0 bridgehead atoms. The Balaban J connectivity index is 0.00000261. The van der Waals surface area contributed by atoms with Gasteiger partial charge in [0, 0.05) is 19.1 Å². The van der Waals surface area contributed by atoms with Crippen molar-refractivity contribution in [1.82, 2.24) is 14.7 Å². The predicted molar refractivity (Wildman–Crippen MR) is 98.1 cm³/mol. The van der Waals surface area contributed by atoms with Crippen LogP contribution in [0.25, 0.3) is 5.69 Å². The van der Waals surface area contributed by atoms with Gasteiger partial charge in [-0.1, -0.05) is 32.0 Å². The Morgan fingerprint density at radius 2 is 1.89 bits per heavy atom. The third kappa shape index (κ3) is 4.11. The summed E-state index contributed by atoms with van der Waals surface area (Å²) in [7, 11) is 0. The lowest BCUT2D eigenvalue weighted by Gasteiger charge is -2.42. The molecule has 1 aliphatic heterocycles. The number of piperidine rings is 1.